The number of hydrogen-bond donors (Lipinski definition) is 3. The predicted molar refractivity (Wildman–Crippen MR) is 132 cm³/mol. The minimum atomic E-state index is -0.668. The van der Waals surface area contributed by atoms with Gasteiger partial charge in [0.25, 0.3) is 0 Å². The molecule has 2 aromatic rings. The average molecular weight is 454 g/mol. The van der Waals surface area contributed by atoms with Crippen LogP contribution >= 0.6 is 0 Å². The normalized spacial score (nSPS) is 18.2. The molecule has 180 valence electrons. The van der Waals surface area contributed by atoms with Gasteiger partial charge in [-0.25, -0.2) is 4.98 Å². The van der Waals surface area contributed by atoms with Crippen LogP contribution in [-0.2, 0) is 9.59 Å². The number of fused-ring (bicyclic) bond motifs is 1. The number of hydrogen-bond acceptors (Lipinski definition) is 4. The largest absolute Gasteiger partial charge is 0.373 e. The first kappa shape index (κ1) is 24.8. The maximum Gasteiger partial charge on any atom is 0.243 e. The maximum atomic E-state index is 13.3. The highest BCUT2D eigenvalue weighted by molar-refractivity contribution is 5.88. The highest BCUT2D eigenvalue weighted by atomic mass is 16.2. The molecule has 1 aliphatic rings. The third-order valence-corrected chi connectivity index (χ3v) is 6.43. The minimum absolute atomic E-state index is 0.0975. The van der Waals surface area contributed by atoms with E-state index < -0.39 is 6.04 Å². The molecule has 3 atom stereocenters. The average Bonchev–Trinajstić information content (AvgIpc) is 3.22. The molecule has 2 amide bonds. The first-order valence-corrected chi connectivity index (χ1v) is 12.2. The van der Waals surface area contributed by atoms with Crippen molar-refractivity contribution in [3.63, 3.8) is 0 Å². The molecule has 7 heteroatoms. The summed E-state index contributed by atoms with van der Waals surface area (Å²) in [7, 11) is 0. The number of H-pyrrole nitrogens is 1. The van der Waals surface area contributed by atoms with Gasteiger partial charge in [-0.15, -0.1) is 0 Å². The van der Waals surface area contributed by atoms with Gasteiger partial charge in [0, 0.05) is 31.1 Å². The highest BCUT2D eigenvalue weighted by Crippen LogP contribution is 2.23. The fraction of sp³-hybridized carbons (Fsp3) is 0.577. The number of aromatic amines is 1. The van der Waals surface area contributed by atoms with Gasteiger partial charge in [0.2, 0.25) is 11.8 Å². The van der Waals surface area contributed by atoms with Crippen molar-refractivity contribution in [3.05, 3.63) is 42.4 Å². The molecule has 2 heterocycles. The Labute approximate surface area is 197 Å². The molecular weight excluding hydrogens is 414 g/mol. The van der Waals surface area contributed by atoms with Gasteiger partial charge >= 0.3 is 0 Å². The third kappa shape index (κ3) is 6.83. The lowest BCUT2D eigenvalue weighted by atomic mass is 10.0. The Morgan fingerprint density at radius 3 is 2.67 bits per heavy atom. The number of imidazole rings is 1. The second-order valence-electron chi connectivity index (χ2n) is 9.73. The number of carbonyl (C=O) groups is 2. The smallest absolute Gasteiger partial charge is 0.243 e. The zero-order valence-electron chi connectivity index (χ0n) is 20.5. The first-order valence-electron chi connectivity index (χ1n) is 12.2. The van der Waals surface area contributed by atoms with Gasteiger partial charge in [0.05, 0.1) is 17.1 Å². The molecule has 0 bridgehead atoms. The number of rotatable bonds is 10. The number of para-hydroxylation sites is 2. The third-order valence-electron chi connectivity index (χ3n) is 6.43. The van der Waals surface area contributed by atoms with Crippen LogP contribution in [0.5, 0.6) is 0 Å². The van der Waals surface area contributed by atoms with Crippen molar-refractivity contribution in [2.45, 2.75) is 84.3 Å². The summed E-state index contributed by atoms with van der Waals surface area (Å²) in [5, 5.41) is 6.01. The van der Waals surface area contributed by atoms with Gasteiger partial charge in [0.15, 0.2) is 0 Å². The fourth-order valence-electron chi connectivity index (χ4n) is 4.38. The maximum absolute atomic E-state index is 13.3. The number of nitrogens with zero attached hydrogens (tertiary/aromatic N) is 2. The quantitative estimate of drug-likeness (QED) is 0.496. The van der Waals surface area contributed by atoms with Crippen molar-refractivity contribution < 1.29 is 9.59 Å². The highest BCUT2D eigenvalue weighted by Gasteiger charge is 2.27. The lowest BCUT2D eigenvalue weighted by Crippen LogP contribution is -2.49. The van der Waals surface area contributed by atoms with Crippen LogP contribution in [0.15, 0.2) is 36.5 Å². The van der Waals surface area contributed by atoms with Crippen molar-refractivity contribution in [3.8, 4) is 0 Å². The molecule has 0 saturated carbocycles. The Kier molecular flexibility index (Phi) is 8.53. The van der Waals surface area contributed by atoms with E-state index in [-0.39, 0.29) is 17.9 Å². The summed E-state index contributed by atoms with van der Waals surface area (Å²) in [5.41, 5.74) is 2.70. The van der Waals surface area contributed by atoms with Crippen LogP contribution in [0.1, 0.15) is 78.1 Å². The molecule has 33 heavy (non-hydrogen) atoms. The summed E-state index contributed by atoms with van der Waals surface area (Å²) >= 11 is 0. The van der Waals surface area contributed by atoms with Crippen LogP contribution in [0, 0.1) is 5.92 Å². The zero-order valence-corrected chi connectivity index (χ0v) is 20.5. The van der Waals surface area contributed by atoms with Crippen LogP contribution in [0.2, 0.25) is 0 Å². The van der Waals surface area contributed by atoms with E-state index in [0.29, 0.717) is 30.6 Å². The van der Waals surface area contributed by atoms with Crippen molar-refractivity contribution in [2.24, 2.45) is 5.92 Å². The standard InChI is InChI=1S/C26H39N5O2/c1-17(2)13-14-24(32)28-23(16-19(4)31-15-9-8-10-18(31)3)26(33)27-20(5)25-29-21-11-6-7-12-22(21)30-25/h6-7,11-12,17-18,20,23H,4,8-10,13-16H2,1-3,5H3,(H,27,33)(H,28,32)(H,29,30)/t18-,20-,23-/m0/s1. The SMILES string of the molecule is C=C(C[C@H](NC(=O)CCC(C)C)C(=O)N[C@@H](C)c1nc2ccccc2[nH]1)N1CCCC[C@@H]1C. The van der Waals surface area contributed by atoms with Gasteiger partial charge in [-0.1, -0.05) is 32.6 Å². The Balaban J connectivity index is 1.69. The van der Waals surface area contributed by atoms with Gasteiger partial charge in [-0.3, -0.25) is 9.59 Å². The van der Waals surface area contributed by atoms with Crippen LogP contribution in [-0.4, -0.2) is 45.3 Å². The summed E-state index contributed by atoms with van der Waals surface area (Å²) in [4.78, 5) is 36.0. The number of likely N-dealkylation sites (tertiary alicyclic amines) is 1. The first-order chi connectivity index (χ1) is 15.7. The van der Waals surface area contributed by atoms with Crippen LogP contribution in [0.4, 0.5) is 0 Å². The predicted octanol–water partition coefficient (Wildman–Crippen LogP) is 4.44. The molecule has 3 rings (SSSR count). The Bertz CT molecular complexity index is 933. The zero-order chi connectivity index (χ0) is 24.0. The van der Waals surface area contributed by atoms with Gasteiger partial charge in [-0.2, -0.15) is 0 Å². The molecule has 0 radical (unpaired) electrons. The van der Waals surface area contributed by atoms with Crippen molar-refractivity contribution >= 4 is 22.8 Å². The Morgan fingerprint density at radius 1 is 1.21 bits per heavy atom. The molecule has 1 aromatic carbocycles. The fourth-order valence-corrected chi connectivity index (χ4v) is 4.38. The van der Waals surface area contributed by atoms with Crippen LogP contribution < -0.4 is 10.6 Å². The molecule has 1 saturated heterocycles. The van der Waals surface area contributed by atoms with E-state index in [1.807, 2.05) is 31.2 Å². The van der Waals surface area contributed by atoms with Crippen LogP contribution in [0.25, 0.3) is 11.0 Å². The van der Waals surface area contributed by atoms with E-state index in [1.54, 1.807) is 0 Å². The van der Waals surface area contributed by atoms with E-state index in [4.69, 9.17) is 0 Å². The minimum Gasteiger partial charge on any atom is -0.373 e. The summed E-state index contributed by atoms with van der Waals surface area (Å²) in [5.74, 6) is 0.810. The Hall–Kier alpha value is -2.83. The van der Waals surface area contributed by atoms with E-state index >= 15 is 0 Å². The molecule has 1 aliphatic heterocycles. The number of amides is 2. The lowest BCUT2D eigenvalue weighted by molar-refractivity contribution is -0.129. The molecule has 0 unspecified atom stereocenters. The van der Waals surface area contributed by atoms with E-state index in [1.165, 1.54) is 6.42 Å². The second kappa shape index (κ2) is 11.3. The summed E-state index contributed by atoms with van der Waals surface area (Å²) < 4.78 is 0. The summed E-state index contributed by atoms with van der Waals surface area (Å²) in [6.07, 6.45) is 5.07. The van der Waals surface area contributed by atoms with E-state index in [2.05, 4.69) is 52.9 Å². The molecule has 1 aromatic heterocycles. The summed E-state index contributed by atoms with van der Waals surface area (Å²) in [6, 6.07) is 7.20. The van der Waals surface area contributed by atoms with Crippen molar-refractivity contribution in [2.75, 3.05) is 6.54 Å². The number of aromatic nitrogens is 2. The van der Waals surface area contributed by atoms with Crippen LogP contribution in [0.3, 0.4) is 0 Å². The monoisotopic (exact) mass is 453 g/mol. The van der Waals surface area contributed by atoms with Gasteiger partial charge < -0.3 is 20.5 Å². The topological polar surface area (TPSA) is 90.1 Å². The molecule has 0 aliphatic carbocycles. The lowest BCUT2D eigenvalue weighted by Gasteiger charge is -2.37. The Morgan fingerprint density at radius 2 is 1.97 bits per heavy atom. The second-order valence-corrected chi connectivity index (χ2v) is 9.73. The number of nitrogens with one attached hydrogen (secondary N) is 3. The molecule has 7 nitrogen and oxygen atoms in total. The van der Waals surface area contributed by atoms with Crippen molar-refractivity contribution in [1.82, 2.24) is 25.5 Å². The number of benzene rings is 1. The van der Waals surface area contributed by atoms with Gasteiger partial charge in [-0.05, 0) is 57.6 Å². The van der Waals surface area contributed by atoms with Gasteiger partial charge in [0.1, 0.15) is 11.9 Å². The van der Waals surface area contributed by atoms with E-state index in [9.17, 15) is 9.59 Å². The van der Waals surface area contributed by atoms with E-state index in [0.717, 1.165) is 42.5 Å². The number of carbonyl (C=O) groups excluding carboxylic acids is 2. The molecule has 1 fully saturated rings. The molecule has 3 N–H and O–H groups in total. The molecule has 0 spiro atoms. The molecular formula is C26H39N5O2. The summed E-state index contributed by atoms with van der Waals surface area (Å²) in [6.45, 7) is 13.5. The number of piperidine rings is 1. The van der Waals surface area contributed by atoms with Crippen molar-refractivity contribution in [1.29, 1.82) is 0 Å².